The van der Waals surface area contributed by atoms with Crippen LogP contribution in [0.1, 0.15) is 16.5 Å². The van der Waals surface area contributed by atoms with Crippen LogP contribution in [0, 0.1) is 0 Å². The fourth-order valence-electron chi connectivity index (χ4n) is 1.67. The number of alkyl halides is 1. The largest absolute Gasteiger partial charge is 0.340 e. The average Bonchev–Trinajstić information content (AvgIpc) is 2.91. The molecule has 18 heavy (non-hydrogen) atoms. The van der Waals surface area contributed by atoms with E-state index in [0.717, 1.165) is 11.1 Å². The Hall–Kier alpha value is -1.81. The second-order valence-corrected chi connectivity index (χ2v) is 4.51. The lowest BCUT2D eigenvalue weighted by Crippen LogP contribution is -2.29. The fraction of sp³-hybridized carbons (Fsp3) is 0.231. The van der Waals surface area contributed by atoms with Gasteiger partial charge in [-0.05, 0) is 5.56 Å². The smallest absolute Gasteiger partial charge is 0.245 e. The molecule has 0 aliphatic carbocycles. The molecule has 0 saturated heterocycles. The molecule has 1 N–H and O–H groups in total. The summed E-state index contributed by atoms with van der Waals surface area (Å²) in [4.78, 5) is 13.7. The number of hydrogen-bond donors (Lipinski definition) is 1. The number of nitrogens with one attached hydrogen (secondary N) is 1. The monoisotopic (exact) mass is 263 g/mol. The molecule has 5 heteroatoms. The first-order valence-electron chi connectivity index (χ1n) is 5.60. The normalized spacial score (nSPS) is 12.1. The van der Waals surface area contributed by atoms with Crippen molar-refractivity contribution in [2.24, 2.45) is 0 Å². The molecular formula is C13H14ClN3O. The van der Waals surface area contributed by atoms with E-state index in [1.807, 2.05) is 30.3 Å². The van der Waals surface area contributed by atoms with Crippen LogP contribution >= 0.6 is 11.6 Å². The molecule has 2 aromatic rings. The minimum atomic E-state index is -0.650. The van der Waals surface area contributed by atoms with Gasteiger partial charge in [0.15, 0.2) is 0 Å². The quantitative estimate of drug-likeness (QED) is 0.861. The molecular weight excluding hydrogens is 250 g/mol. The Balaban J connectivity index is 2.02. The summed E-state index contributed by atoms with van der Waals surface area (Å²) >= 11 is 6.18. The highest BCUT2D eigenvalue weighted by molar-refractivity contribution is 6.30. The van der Waals surface area contributed by atoms with Gasteiger partial charge in [0.05, 0.1) is 6.20 Å². The van der Waals surface area contributed by atoms with Crippen molar-refractivity contribution in [2.75, 3.05) is 7.05 Å². The summed E-state index contributed by atoms with van der Waals surface area (Å²) in [5.41, 5.74) is 1.76. The Kier molecular flexibility index (Phi) is 3.99. The van der Waals surface area contributed by atoms with Gasteiger partial charge >= 0.3 is 0 Å². The van der Waals surface area contributed by atoms with Crippen LogP contribution in [0.4, 0.5) is 0 Å². The van der Waals surface area contributed by atoms with E-state index in [2.05, 4.69) is 10.2 Å². The molecule has 1 aromatic heterocycles. The predicted molar refractivity (Wildman–Crippen MR) is 70.1 cm³/mol. The van der Waals surface area contributed by atoms with Crippen molar-refractivity contribution in [3.8, 4) is 0 Å². The molecule has 1 amide bonds. The molecule has 0 saturated carbocycles. The van der Waals surface area contributed by atoms with Crippen LogP contribution in [-0.2, 0) is 11.3 Å². The van der Waals surface area contributed by atoms with E-state index in [4.69, 9.17) is 11.6 Å². The Labute approximate surface area is 111 Å². The van der Waals surface area contributed by atoms with Gasteiger partial charge in [0.1, 0.15) is 5.38 Å². The van der Waals surface area contributed by atoms with E-state index >= 15 is 0 Å². The molecule has 4 nitrogen and oxygen atoms in total. The van der Waals surface area contributed by atoms with Crippen molar-refractivity contribution < 1.29 is 4.79 Å². The van der Waals surface area contributed by atoms with Crippen LogP contribution in [0.5, 0.6) is 0 Å². The van der Waals surface area contributed by atoms with E-state index in [1.165, 1.54) is 0 Å². The van der Waals surface area contributed by atoms with E-state index in [1.54, 1.807) is 24.3 Å². The first-order chi connectivity index (χ1) is 8.68. The van der Waals surface area contributed by atoms with Crippen LogP contribution < -0.4 is 0 Å². The maximum Gasteiger partial charge on any atom is 0.245 e. The van der Waals surface area contributed by atoms with Gasteiger partial charge in [-0.2, -0.15) is 5.10 Å². The standard InChI is InChI=1S/C13H14ClN3O/c1-17(9-10-7-15-16-8-10)13(18)12(14)11-5-3-2-4-6-11/h2-8,12H,9H2,1H3,(H,15,16). The van der Waals surface area contributed by atoms with Gasteiger partial charge in [0.2, 0.25) is 5.91 Å². The number of amides is 1. The summed E-state index contributed by atoms with van der Waals surface area (Å²) in [6.07, 6.45) is 3.45. The van der Waals surface area contributed by atoms with Crippen molar-refractivity contribution in [3.63, 3.8) is 0 Å². The molecule has 1 aromatic carbocycles. The van der Waals surface area contributed by atoms with Gasteiger partial charge in [-0.1, -0.05) is 30.3 Å². The summed E-state index contributed by atoms with van der Waals surface area (Å²) in [7, 11) is 1.73. The zero-order valence-corrected chi connectivity index (χ0v) is 10.8. The van der Waals surface area contributed by atoms with Crippen LogP contribution in [0.3, 0.4) is 0 Å². The minimum absolute atomic E-state index is 0.121. The lowest BCUT2D eigenvalue weighted by molar-refractivity contribution is -0.130. The third kappa shape index (κ3) is 2.90. The molecule has 94 valence electrons. The van der Waals surface area contributed by atoms with Crippen molar-refractivity contribution in [1.29, 1.82) is 0 Å². The van der Waals surface area contributed by atoms with Crippen molar-refractivity contribution in [1.82, 2.24) is 15.1 Å². The van der Waals surface area contributed by atoms with E-state index in [-0.39, 0.29) is 5.91 Å². The van der Waals surface area contributed by atoms with E-state index in [0.29, 0.717) is 6.54 Å². The van der Waals surface area contributed by atoms with Crippen molar-refractivity contribution in [2.45, 2.75) is 11.9 Å². The van der Waals surface area contributed by atoms with E-state index < -0.39 is 5.38 Å². The summed E-state index contributed by atoms with van der Waals surface area (Å²) in [5.74, 6) is -0.121. The number of halogens is 1. The van der Waals surface area contributed by atoms with Crippen molar-refractivity contribution in [3.05, 3.63) is 53.9 Å². The molecule has 0 aliphatic rings. The molecule has 2 rings (SSSR count). The predicted octanol–water partition coefficient (Wildman–Crippen LogP) is 2.35. The molecule has 1 atom stereocenters. The topological polar surface area (TPSA) is 49.0 Å². The van der Waals surface area contributed by atoms with Crippen LogP contribution in [0.2, 0.25) is 0 Å². The molecule has 0 aliphatic heterocycles. The second-order valence-electron chi connectivity index (χ2n) is 4.07. The van der Waals surface area contributed by atoms with Crippen LogP contribution in [0.15, 0.2) is 42.7 Å². The lowest BCUT2D eigenvalue weighted by atomic mass is 10.1. The summed E-state index contributed by atoms with van der Waals surface area (Å²) in [6, 6.07) is 9.33. The Morgan fingerprint density at radius 2 is 2.17 bits per heavy atom. The maximum absolute atomic E-state index is 12.1. The van der Waals surface area contributed by atoms with Gasteiger partial charge in [0.25, 0.3) is 0 Å². The lowest BCUT2D eigenvalue weighted by Gasteiger charge is -2.19. The zero-order valence-electron chi connectivity index (χ0n) is 10.0. The number of likely N-dealkylation sites (N-methyl/N-ethyl adjacent to an activating group) is 1. The number of carbonyl (C=O) groups excluding carboxylic acids is 1. The Morgan fingerprint density at radius 3 is 2.78 bits per heavy atom. The number of aromatic amines is 1. The average molecular weight is 264 g/mol. The zero-order chi connectivity index (χ0) is 13.0. The molecule has 0 spiro atoms. The first kappa shape index (κ1) is 12.6. The van der Waals surface area contributed by atoms with Gasteiger partial charge in [-0.25, -0.2) is 0 Å². The van der Waals surface area contributed by atoms with Crippen LogP contribution in [-0.4, -0.2) is 28.1 Å². The number of hydrogen-bond acceptors (Lipinski definition) is 2. The van der Waals surface area contributed by atoms with Crippen LogP contribution in [0.25, 0.3) is 0 Å². The number of H-pyrrole nitrogens is 1. The van der Waals surface area contributed by atoms with Gasteiger partial charge in [-0.15, -0.1) is 11.6 Å². The van der Waals surface area contributed by atoms with Gasteiger partial charge < -0.3 is 4.90 Å². The Bertz CT molecular complexity index is 498. The highest BCUT2D eigenvalue weighted by Crippen LogP contribution is 2.22. The number of benzene rings is 1. The molecule has 0 radical (unpaired) electrons. The highest BCUT2D eigenvalue weighted by Gasteiger charge is 2.21. The summed E-state index contributed by atoms with van der Waals surface area (Å²) < 4.78 is 0. The highest BCUT2D eigenvalue weighted by atomic mass is 35.5. The minimum Gasteiger partial charge on any atom is -0.340 e. The molecule has 0 bridgehead atoms. The van der Waals surface area contributed by atoms with Gasteiger partial charge in [-0.3, -0.25) is 9.89 Å². The fourth-order valence-corrected chi connectivity index (χ4v) is 1.99. The number of carbonyl (C=O) groups is 1. The second kappa shape index (κ2) is 5.69. The number of nitrogens with zero attached hydrogens (tertiary/aromatic N) is 2. The first-order valence-corrected chi connectivity index (χ1v) is 6.04. The number of aromatic nitrogens is 2. The third-order valence-electron chi connectivity index (χ3n) is 2.66. The molecule has 0 fully saturated rings. The van der Waals surface area contributed by atoms with E-state index in [9.17, 15) is 4.79 Å². The SMILES string of the molecule is CN(Cc1cn[nH]c1)C(=O)C(Cl)c1ccccc1. The maximum atomic E-state index is 12.1. The third-order valence-corrected chi connectivity index (χ3v) is 3.10. The van der Waals surface area contributed by atoms with Gasteiger partial charge in [0, 0.05) is 25.4 Å². The Morgan fingerprint density at radius 1 is 1.44 bits per heavy atom. The van der Waals surface area contributed by atoms with Crippen molar-refractivity contribution >= 4 is 17.5 Å². The molecule has 1 heterocycles. The summed E-state index contributed by atoms with van der Waals surface area (Å²) in [6.45, 7) is 0.491. The molecule has 1 unspecified atom stereocenters. The number of rotatable bonds is 4. The summed E-state index contributed by atoms with van der Waals surface area (Å²) in [5, 5.41) is 5.91.